The van der Waals surface area contributed by atoms with E-state index in [0.29, 0.717) is 10.5 Å². The van der Waals surface area contributed by atoms with E-state index >= 15 is 4.39 Å². The quantitative estimate of drug-likeness (QED) is 0.502. The summed E-state index contributed by atoms with van der Waals surface area (Å²) in [4.78, 5) is 0.549. The summed E-state index contributed by atoms with van der Waals surface area (Å²) in [5.74, 6) is 0. The van der Waals surface area contributed by atoms with Crippen LogP contribution in [0, 0.1) is 0 Å². The maximum Gasteiger partial charge on any atom is 0.157 e. The molecule has 162 valence electrons. The molecule has 3 rings (SSSR count). The number of benzene rings is 1. The lowest BCUT2D eigenvalue weighted by molar-refractivity contribution is -0.218. The highest BCUT2D eigenvalue weighted by molar-refractivity contribution is 7.19. The average Bonchev–Trinajstić information content (AvgIpc) is 3.19. The van der Waals surface area contributed by atoms with Gasteiger partial charge < -0.3 is 25.2 Å². The SMILES string of the molecule is C=C(C=CC(Cl)=C(C)C(F)c1cc2ccccc2s1)C1OC(CO)C(O)C(O)C1O. The van der Waals surface area contributed by atoms with Crippen LogP contribution < -0.4 is 0 Å². The Morgan fingerprint density at radius 2 is 1.93 bits per heavy atom. The largest absolute Gasteiger partial charge is 0.394 e. The Labute approximate surface area is 183 Å². The van der Waals surface area contributed by atoms with Crippen LogP contribution in [0.3, 0.4) is 0 Å². The summed E-state index contributed by atoms with van der Waals surface area (Å²) in [6.45, 7) is 4.87. The van der Waals surface area contributed by atoms with E-state index in [1.807, 2.05) is 24.3 Å². The number of hydrogen-bond acceptors (Lipinski definition) is 6. The number of alkyl halides is 1. The molecule has 6 unspecified atom stereocenters. The molecule has 8 heteroatoms. The molecule has 1 aromatic heterocycles. The molecule has 0 aliphatic carbocycles. The van der Waals surface area contributed by atoms with Crippen molar-refractivity contribution in [3.63, 3.8) is 0 Å². The number of hydrogen-bond donors (Lipinski definition) is 4. The fourth-order valence-corrected chi connectivity index (χ4v) is 4.55. The second-order valence-corrected chi connectivity index (χ2v) is 8.76. The van der Waals surface area contributed by atoms with Gasteiger partial charge in [-0.1, -0.05) is 42.5 Å². The molecule has 1 saturated heterocycles. The van der Waals surface area contributed by atoms with Crippen LogP contribution in [0.1, 0.15) is 18.0 Å². The number of aliphatic hydroxyl groups excluding tert-OH is 4. The standard InChI is InChI=1S/C22H24ClFO5S/c1-11(22-21(28)20(27)19(26)15(10-25)29-22)7-8-14(23)12(2)18(24)17-9-13-5-3-4-6-16(13)30-17/h3-9,15,18-22,25-28H,1,10H2,2H3. The predicted molar refractivity (Wildman–Crippen MR) is 116 cm³/mol. The summed E-state index contributed by atoms with van der Waals surface area (Å²) in [6.07, 6.45) is -4.94. The molecule has 0 spiro atoms. The number of rotatable bonds is 6. The van der Waals surface area contributed by atoms with Crippen LogP contribution in [0.25, 0.3) is 10.1 Å². The van der Waals surface area contributed by atoms with Gasteiger partial charge in [0.05, 0.1) is 6.61 Å². The van der Waals surface area contributed by atoms with Gasteiger partial charge >= 0.3 is 0 Å². The second kappa shape index (κ2) is 9.70. The van der Waals surface area contributed by atoms with Gasteiger partial charge in [0.2, 0.25) is 0 Å². The van der Waals surface area contributed by atoms with Crippen molar-refractivity contribution < 1.29 is 29.6 Å². The molecule has 6 atom stereocenters. The molecule has 1 fully saturated rings. The molecule has 30 heavy (non-hydrogen) atoms. The highest BCUT2D eigenvalue weighted by Crippen LogP contribution is 2.37. The lowest BCUT2D eigenvalue weighted by Crippen LogP contribution is -2.58. The lowest BCUT2D eigenvalue weighted by atomic mass is 9.91. The topological polar surface area (TPSA) is 90.2 Å². The third-order valence-electron chi connectivity index (χ3n) is 5.15. The number of allylic oxidation sites excluding steroid dienone is 3. The molecule has 0 radical (unpaired) electrons. The maximum atomic E-state index is 15.0. The van der Waals surface area contributed by atoms with Gasteiger partial charge in [-0.15, -0.1) is 11.3 Å². The summed E-state index contributed by atoms with van der Waals surface area (Å²) in [7, 11) is 0. The van der Waals surface area contributed by atoms with Gasteiger partial charge in [-0.3, -0.25) is 0 Å². The first-order valence-corrected chi connectivity index (χ1v) is 10.6. The number of ether oxygens (including phenoxy) is 1. The van der Waals surface area contributed by atoms with E-state index in [0.717, 1.165) is 10.1 Å². The van der Waals surface area contributed by atoms with E-state index < -0.39 is 43.3 Å². The minimum Gasteiger partial charge on any atom is -0.394 e. The molecule has 5 nitrogen and oxygen atoms in total. The first-order valence-electron chi connectivity index (χ1n) is 9.40. The Bertz CT molecular complexity index is 936. The first kappa shape index (κ1) is 23.1. The Balaban J connectivity index is 1.75. The van der Waals surface area contributed by atoms with Crippen molar-refractivity contribution in [3.8, 4) is 0 Å². The van der Waals surface area contributed by atoms with Crippen LogP contribution in [0.4, 0.5) is 4.39 Å². The van der Waals surface area contributed by atoms with E-state index in [9.17, 15) is 20.4 Å². The lowest BCUT2D eigenvalue weighted by Gasteiger charge is -2.40. The van der Waals surface area contributed by atoms with Gasteiger partial charge in [0.25, 0.3) is 0 Å². The van der Waals surface area contributed by atoms with Crippen LogP contribution in [-0.2, 0) is 4.74 Å². The van der Waals surface area contributed by atoms with Gasteiger partial charge in [-0.25, -0.2) is 4.39 Å². The van der Waals surface area contributed by atoms with Gasteiger partial charge in [0, 0.05) is 14.6 Å². The molecular formula is C22H24ClFO5S. The molecule has 0 bridgehead atoms. The Kier molecular flexibility index (Phi) is 7.47. The number of fused-ring (bicyclic) bond motifs is 1. The smallest absolute Gasteiger partial charge is 0.157 e. The zero-order valence-electron chi connectivity index (χ0n) is 16.3. The minimum atomic E-state index is -1.50. The fraction of sp³-hybridized carbons (Fsp3) is 0.364. The van der Waals surface area contributed by atoms with Gasteiger partial charge in [-0.05, 0) is 41.7 Å². The van der Waals surface area contributed by atoms with Crippen LogP contribution in [0.5, 0.6) is 0 Å². The van der Waals surface area contributed by atoms with E-state index in [4.69, 9.17) is 16.3 Å². The summed E-state index contributed by atoms with van der Waals surface area (Å²) in [5, 5.41) is 40.3. The summed E-state index contributed by atoms with van der Waals surface area (Å²) in [5.41, 5.74) is 0.580. The van der Waals surface area contributed by atoms with E-state index in [1.165, 1.54) is 23.5 Å². The van der Waals surface area contributed by atoms with E-state index in [-0.39, 0.29) is 10.6 Å². The number of halogens is 2. The monoisotopic (exact) mass is 454 g/mol. The van der Waals surface area contributed by atoms with Gasteiger partial charge in [0.1, 0.15) is 30.5 Å². The second-order valence-electron chi connectivity index (χ2n) is 7.24. The number of aliphatic hydroxyl groups is 4. The Morgan fingerprint density at radius 3 is 2.60 bits per heavy atom. The zero-order chi connectivity index (χ0) is 22.0. The van der Waals surface area contributed by atoms with E-state index in [1.54, 1.807) is 13.0 Å². The first-order chi connectivity index (χ1) is 14.2. The molecule has 4 N–H and O–H groups in total. The predicted octanol–water partition coefficient (Wildman–Crippen LogP) is 3.38. The summed E-state index contributed by atoms with van der Waals surface area (Å²) >= 11 is 7.65. The van der Waals surface area contributed by atoms with Crippen LogP contribution in [-0.4, -0.2) is 57.6 Å². The highest BCUT2D eigenvalue weighted by atomic mass is 35.5. The normalized spacial score (nSPS) is 29.2. The Morgan fingerprint density at radius 1 is 1.23 bits per heavy atom. The molecular weight excluding hydrogens is 431 g/mol. The molecule has 2 aromatic rings. The third-order valence-corrected chi connectivity index (χ3v) is 6.73. The van der Waals surface area contributed by atoms with Crippen molar-refractivity contribution in [1.82, 2.24) is 0 Å². The van der Waals surface area contributed by atoms with Crippen molar-refractivity contribution in [2.45, 2.75) is 43.6 Å². The van der Waals surface area contributed by atoms with Crippen molar-refractivity contribution in [1.29, 1.82) is 0 Å². The average molecular weight is 455 g/mol. The summed E-state index contributed by atoms with van der Waals surface area (Å²) in [6, 6.07) is 9.46. The van der Waals surface area contributed by atoms with Crippen LogP contribution in [0.2, 0.25) is 0 Å². The molecule has 0 amide bonds. The molecule has 1 aromatic carbocycles. The van der Waals surface area contributed by atoms with Crippen molar-refractivity contribution in [2.75, 3.05) is 6.61 Å². The zero-order valence-corrected chi connectivity index (χ0v) is 17.9. The Hall–Kier alpha value is -1.58. The van der Waals surface area contributed by atoms with Crippen molar-refractivity contribution in [2.24, 2.45) is 0 Å². The van der Waals surface area contributed by atoms with Crippen LogP contribution in [0.15, 0.2) is 65.2 Å². The van der Waals surface area contributed by atoms with Crippen LogP contribution >= 0.6 is 22.9 Å². The van der Waals surface area contributed by atoms with Crippen molar-refractivity contribution in [3.05, 3.63) is 70.1 Å². The molecule has 2 heterocycles. The van der Waals surface area contributed by atoms with Gasteiger partial charge in [0.15, 0.2) is 6.17 Å². The number of thiophene rings is 1. The van der Waals surface area contributed by atoms with E-state index in [2.05, 4.69) is 6.58 Å². The van der Waals surface area contributed by atoms with Crippen molar-refractivity contribution >= 4 is 33.0 Å². The molecule has 0 saturated carbocycles. The highest BCUT2D eigenvalue weighted by Gasteiger charge is 2.43. The fourth-order valence-electron chi connectivity index (χ4n) is 3.28. The molecule has 1 aliphatic heterocycles. The van der Waals surface area contributed by atoms with Gasteiger partial charge in [-0.2, -0.15) is 0 Å². The summed E-state index contributed by atoms with van der Waals surface area (Å²) < 4.78 is 21.4. The maximum absolute atomic E-state index is 15.0. The molecule has 1 aliphatic rings. The minimum absolute atomic E-state index is 0.172. The third kappa shape index (κ3) is 4.68.